The number of rotatable bonds is 33. The van der Waals surface area contributed by atoms with Crippen molar-refractivity contribution in [2.24, 2.45) is 0 Å². The highest BCUT2D eigenvalue weighted by Gasteiger charge is 2.17. The second-order valence-electron chi connectivity index (χ2n) is 12.6. The van der Waals surface area contributed by atoms with Crippen molar-refractivity contribution in [2.75, 3.05) is 6.61 Å². The summed E-state index contributed by atoms with van der Waals surface area (Å²) in [5, 5.41) is 22.9. The van der Waals surface area contributed by atoms with Crippen molar-refractivity contribution in [2.45, 2.75) is 187 Å². The molecule has 0 aliphatic rings. The molecule has 0 rings (SSSR count). The molecule has 4 heteroatoms. The van der Waals surface area contributed by atoms with Crippen LogP contribution < -0.4 is 5.32 Å². The van der Waals surface area contributed by atoms with Gasteiger partial charge in [0.2, 0.25) is 5.91 Å². The molecule has 2 unspecified atom stereocenters. The number of aliphatic hydroxyl groups is 2. The van der Waals surface area contributed by atoms with Gasteiger partial charge in [-0.05, 0) is 77.0 Å². The van der Waals surface area contributed by atoms with E-state index in [0.717, 1.165) is 51.4 Å². The van der Waals surface area contributed by atoms with Gasteiger partial charge < -0.3 is 15.5 Å². The van der Waals surface area contributed by atoms with Gasteiger partial charge in [-0.15, -0.1) is 0 Å². The summed E-state index contributed by atoms with van der Waals surface area (Å²) in [6.45, 7) is 4.24. The molecule has 3 N–H and O–H groups in total. The van der Waals surface area contributed by atoms with E-state index < -0.39 is 12.1 Å². The lowest BCUT2D eigenvalue weighted by Gasteiger charge is -2.19. The van der Waals surface area contributed by atoms with Crippen LogP contribution in [0, 0.1) is 0 Å². The van der Waals surface area contributed by atoms with Gasteiger partial charge >= 0.3 is 0 Å². The molecule has 0 heterocycles. The quantitative estimate of drug-likeness (QED) is 0.0501. The Balaban J connectivity index is 3.73. The molecule has 2 atom stereocenters. The number of nitrogens with one attached hydrogen (secondary N) is 1. The fourth-order valence-electron chi connectivity index (χ4n) is 5.24. The third-order valence-corrected chi connectivity index (χ3v) is 8.20. The lowest BCUT2D eigenvalue weighted by Crippen LogP contribution is -2.45. The summed E-state index contributed by atoms with van der Waals surface area (Å²) in [5.41, 5.74) is 0. The van der Waals surface area contributed by atoms with E-state index in [9.17, 15) is 15.0 Å². The maximum absolute atomic E-state index is 12.3. The summed E-state index contributed by atoms with van der Waals surface area (Å²) >= 11 is 0. The van der Waals surface area contributed by atoms with E-state index in [1.807, 2.05) is 6.08 Å². The van der Waals surface area contributed by atoms with E-state index in [2.05, 4.69) is 67.8 Å². The molecule has 0 fully saturated rings. The van der Waals surface area contributed by atoms with E-state index in [0.29, 0.717) is 6.42 Å². The summed E-state index contributed by atoms with van der Waals surface area (Å²) in [7, 11) is 0. The average Bonchev–Trinajstić information content (AvgIpc) is 3.04. The molecule has 0 spiro atoms. The molecule has 0 aliphatic heterocycles. The highest BCUT2D eigenvalue weighted by atomic mass is 16.3. The Kier molecular flexibility index (Phi) is 35.0. The molecular formula is C41H73NO3. The fourth-order valence-corrected chi connectivity index (χ4v) is 5.24. The van der Waals surface area contributed by atoms with Gasteiger partial charge in [-0.1, -0.05) is 152 Å². The lowest BCUT2D eigenvalue weighted by molar-refractivity contribution is -0.123. The van der Waals surface area contributed by atoms with Gasteiger partial charge in [-0.2, -0.15) is 0 Å². The fraction of sp³-hybridized carbons (Fsp3) is 0.732. The Morgan fingerprint density at radius 2 is 0.933 bits per heavy atom. The molecule has 260 valence electrons. The Morgan fingerprint density at radius 1 is 0.533 bits per heavy atom. The Hall–Kier alpha value is -1.91. The molecule has 0 aromatic rings. The second-order valence-corrected chi connectivity index (χ2v) is 12.6. The molecule has 0 saturated heterocycles. The van der Waals surface area contributed by atoms with E-state index >= 15 is 0 Å². The highest BCUT2D eigenvalue weighted by Crippen LogP contribution is 2.11. The Morgan fingerprint density at radius 3 is 1.47 bits per heavy atom. The van der Waals surface area contributed by atoms with E-state index in [1.54, 1.807) is 6.08 Å². The molecule has 0 radical (unpaired) electrons. The van der Waals surface area contributed by atoms with Crippen molar-refractivity contribution in [3.05, 3.63) is 60.8 Å². The summed E-state index contributed by atoms with van der Waals surface area (Å²) in [5.74, 6) is -0.0898. The topological polar surface area (TPSA) is 69.6 Å². The summed E-state index contributed by atoms with van der Waals surface area (Å²) in [4.78, 5) is 12.3. The molecular weight excluding hydrogens is 554 g/mol. The van der Waals surface area contributed by atoms with Crippen molar-refractivity contribution in [3.63, 3.8) is 0 Å². The number of hydrogen-bond acceptors (Lipinski definition) is 3. The summed E-state index contributed by atoms with van der Waals surface area (Å²) < 4.78 is 0. The third-order valence-electron chi connectivity index (χ3n) is 8.20. The highest BCUT2D eigenvalue weighted by molar-refractivity contribution is 5.76. The van der Waals surface area contributed by atoms with E-state index in [1.165, 1.54) is 103 Å². The average molecular weight is 628 g/mol. The van der Waals surface area contributed by atoms with Crippen LogP contribution in [0.5, 0.6) is 0 Å². The minimum atomic E-state index is -0.874. The lowest BCUT2D eigenvalue weighted by atomic mass is 10.1. The van der Waals surface area contributed by atoms with Crippen LogP contribution in [0.3, 0.4) is 0 Å². The van der Waals surface area contributed by atoms with Crippen LogP contribution in [-0.2, 0) is 4.79 Å². The number of allylic oxidation sites excluding steroid dienone is 9. The first kappa shape index (κ1) is 43.1. The van der Waals surface area contributed by atoms with Crippen LogP contribution in [0.2, 0.25) is 0 Å². The molecule has 0 saturated carbocycles. The zero-order chi connectivity index (χ0) is 32.9. The molecule has 0 aliphatic carbocycles. The standard InChI is InChI=1S/C41H73NO3/c1-3-5-7-9-11-13-15-17-19-21-23-25-27-29-31-33-35-37-41(45)42-39(38-43)40(44)36-34-32-30-28-26-24-22-20-18-16-14-12-10-8-6-4-2/h11,13,17-20,26,28,34,36,39-40,43-44H,3-10,12,14-16,21-25,27,29-33,35,37-38H2,1-2H3,(H,42,45)/b13-11-,19-17-,20-18+,28-26+,36-34+. The number of carbonyl (C=O) groups is 1. The second kappa shape index (κ2) is 36.6. The van der Waals surface area contributed by atoms with Gasteiger partial charge in [0.15, 0.2) is 0 Å². The van der Waals surface area contributed by atoms with E-state index in [4.69, 9.17) is 0 Å². The Labute approximate surface area is 279 Å². The number of amides is 1. The minimum absolute atomic E-state index is 0.0898. The van der Waals surface area contributed by atoms with Gasteiger partial charge in [0.25, 0.3) is 0 Å². The number of aliphatic hydroxyl groups excluding tert-OH is 2. The van der Waals surface area contributed by atoms with E-state index in [-0.39, 0.29) is 12.5 Å². The largest absolute Gasteiger partial charge is 0.394 e. The minimum Gasteiger partial charge on any atom is -0.394 e. The van der Waals surface area contributed by atoms with Crippen LogP contribution in [0.25, 0.3) is 0 Å². The predicted molar refractivity (Wildman–Crippen MR) is 197 cm³/mol. The molecule has 4 nitrogen and oxygen atoms in total. The zero-order valence-corrected chi connectivity index (χ0v) is 29.6. The van der Waals surface area contributed by atoms with Gasteiger partial charge in [0.1, 0.15) is 0 Å². The summed E-state index contributed by atoms with van der Waals surface area (Å²) in [6, 6.07) is -0.650. The maximum Gasteiger partial charge on any atom is 0.220 e. The maximum atomic E-state index is 12.3. The van der Waals surface area contributed by atoms with Crippen molar-refractivity contribution in [1.82, 2.24) is 5.32 Å². The first-order valence-electron chi connectivity index (χ1n) is 19.0. The van der Waals surface area contributed by atoms with Gasteiger partial charge in [0.05, 0.1) is 18.8 Å². The predicted octanol–water partition coefficient (Wildman–Crippen LogP) is 11.4. The molecule has 1 amide bonds. The van der Waals surface area contributed by atoms with Gasteiger partial charge in [0, 0.05) is 6.42 Å². The molecule has 45 heavy (non-hydrogen) atoms. The van der Waals surface area contributed by atoms with Crippen molar-refractivity contribution in [1.29, 1.82) is 0 Å². The first-order chi connectivity index (χ1) is 22.2. The molecule has 0 aromatic carbocycles. The van der Waals surface area contributed by atoms with Crippen molar-refractivity contribution < 1.29 is 15.0 Å². The molecule has 0 bridgehead atoms. The zero-order valence-electron chi connectivity index (χ0n) is 29.6. The Bertz CT molecular complexity index is 767. The van der Waals surface area contributed by atoms with Gasteiger partial charge in [-0.25, -0.2) is 0 Å². The van der Waals surface area contributed by atoms with Crippen molar-refractivity contribution in [3.8, 4) is 0 Å². The van der Waals surface area contributed by atoms with Crippen LogP contribution in [0.1, 0.15) is 174 Å². The van der Waals surface area contributed by atoms with Crippen molar-refractivity contribution >= 4 is 5.91 Å². The monoisotopic (exact) mass is 628 g/mol. The smallest absolute Gasteiger partial charge is 0.220 e. The SMILES string of the molecule is CCCCC/C=C\C/C=C\CCCCCCCCCC(=O)NC(CO)C(O)/C=C/CC/C=C/CC/C=C/CCCCCCCC. The van der Waals surface area contributed by atoms with Crippen LogP contribution >= 0.6 is 0 Å². The normalized spacial score (nSPS) is 13.8. The summed E-state index contributed by atoms with van der Waals surface area (Å²) in [6.07, 6.45) is 50.1. The third kappa shape index (κ3) is 33.3. The van der Waals surface area contributed by atoms with Crippen LogP contribution in [-0.4, -0.2) is 34.9 Å². The number of unbranched alkanes of at least 4 members (excludes halogenated alkanes) is 18. The van der Waals surface area contributed by atoms with Crippen LogP contribution in [0.4, 0.5) is 0 Å². The molecule has 0 aromatic heterocycles. The van der Waals surface area contributed by atoms with Gasteiger partial charge in [-0.3, -0.25) is 4.79 Å². The first-order valence-corrected chi connectivity index (χ1v) is 19.0. The number of hydrogen-bond donors (Lipinski definition) is 3. The number of carbonyl (C=O) groups excluding carboxylic acids is 1. The van der Waals surface area contributed by atoms with Crippen LogP contribution in [0.15, 0.2) is 60.8 Å².